The Bertz CT molecular complexity index is 1870. The van der Waals surface area contributed by atoms with E-state index in [2.05, 4.69) is 101 Å². The van der Waals surface area contributed by atoms with E-state index in [1.807, 2.05) is 31.2 Å². The van der Waals surface area contributed by atoms with E-state index >= 15 is 0 Å². The molecule has 0 aliphatic rings. The van der Waals surface area contributed by atoms with E-state index in [9.17, 15) is 19.2 Å². The summed E-state index contributed by atoms with van der Waals surface area (Å²) in [6.07, 6.45) is 2.80. The average molecular weight is 917 g/mol. The van der Waals surface area contributed by atoms with Gasteiger partial charge in [0.15, 0.2) is 11.5 Å². The highest BCUT2D eigenvalue weighted by Crippen LogP contribution is 2.36. The van der Waals surface area contributed by atoms with Gasteiger partial charge in [-0.15, -0.1) is 0 Å². The van der Waals surface area contributed by atoms with Gasteiger partial charge in [0.1, 0.15) is 25.5 Å². The monoisotopic (exact) mass is 916 g/mol. The number of alkyl halides is 2. The maximum Gasteiger partial charge on any atom is 0.341 e. The largest absolute Gasteiger partial charge is 0.497 e. The number of allylic oxidation sites excluding steroid dienone is 1. The van der Waals surface area contributed by atoms with Crippen molar-refractivity contribution in [2.45, 2.75) is 41.5 Å². The summed E-state index contributed by atoms with van der Waals surface area (Å²) in [5.74, 6) is 0.777. The van der Waals surface area contributed by atoms with Crippen LogP contribution in [0.4, 0.5) is 0 Å². The smallest absolute Gasteiger partial charge is 0.341 e. The minimum Gasteiger partial charge on any atom is -0.497 e. The van der Waals surface area contributed by atoms with E-state index in [0.717, 1.165) is 29.6 Å². The molecule has 10 heteroatoms. The van der Waals surface area contributed by atoms with Crippen LogP contribution in [-0.4, -0.2) is 40.2 Å². The first-order chi connectivity index (χ1) is 24.2. The van der Waals surface area contributed by atoms with Gasteiger partial charge >= 0.3 is 11.9 Å². The molecule has 0 N–H and O–H groups in total. The molecular formula is C41H42I2O8. The number of carbonyl (C=O) groups excluding carboxylic acids is 4. The SMILES string of the molecule is C=C(C)C=O.C=C(CC)C(=O)Oc1cc(CCC=O)ccc1OC(=O)C(=C)C(C)(I)I.COc1ccc(-c2ccc3cc(OC)ccc3c2)cc1. The quantitative estimate of drug-likeness (QED) is 0.0326. The van der Waals surface area contributed by atoms with Gasteiger partial charge in [-0.05, 0) is 102 Å². The fraction of sp³-hybridized carbons (Fsp3) is 0.220. The van der Waals surface area contributed by atoms with Gasteiger partial charge in [-0.25, -0.2) is 9.59 Å². The van der Waals surface area contributed by atoms with Crippen molar-refractivity contribution in [3.63, 3.8) is 0 Å². The standard InChI is InChI=1S/C19H20I2O5.C18H16O2.C4H6O/c1-5-12(2)17(23)26-16-11-14(7-6-10-22)8-9-15(16)25-18(24)13(3)19(4,20)21;1-19-17-8-5-13(6-9-17)14-3-4-16-12-18(20-2)10-7-15(16)11-14;1-4(2)3-5/h8-11H,2-3,5-7H2,1,4H3;3-12H,1-2H3;3H,1H2,2H3. The molecule has 268 valence electrons. The molecule has 0 atom stereocenters. The van der Waals surface area contributed by atoms with Crippen molar-refractivity contribution < 1.29 is 38.1 Å². The Hall–Kier alpha value is -4.30. The second-order valence-electron chi connectivity index (χ2n) is 11.2. The lowest BCUT2D eigenvalue weighted by atomic mass is 10.0. The highest BCUT2D eigenvalue weighted by atomic mass is 127. The molecule has 0 spiro atoms. The summed E-state index contributed by atoms with van der Waals surface area (Å²) in [6.45, 7) is 16.0. The van der Waals surface area contributed by atoms with E-state index in [0.29, 0.717) is 30.4 Å². The molecule has 0 bridgehead atoms. The molecule has 0 unspecified atom stereocenters. The fourth-order valence-electron chi connectivity index (χ4n) is 4.07. The van der Waals surface area contributed by atoms with Crippen LogP contribution in [0.25, 0.3) is 21.9 Å². The number of hydrogen-bond acceptors (Lipinski definition) is 8. The normalized spacial score (nSPS) is 10.3. The molecule has 4 rings (SSSR count). The second kappa shape index (κ2) is 21.2. The summed E-state index contributed by atoms with van der Waals surface area (Å²) in [5.41, 5.74) is 4.32. The van der Waals surface area contributed by atoms with Gasteiger partial charge in [0.25, 0.3) is 0 Å². The zero-order valence-corrected chi connectivity index (χ0v) is 33.7. The van der Waals surface area contributed by atoms with Crippen LogP contribution in [0.15, 0.2) is 115 Å². The summed E-state index contributed by atoms with van der Waals surface area (Å²) in [6, 6.07) is 25.5. The van der Waals surface area contributed by atoms with Gasteiger partial charge in [-0.1, -0.05) is 108 Å². The van der Waals surface area contributed by atoms with Crippen LogP contribution < -0.4 is 18.9 Å². The van der Waals surface area contributed by atoms with Crippen molar-refractivity contribution in [1.29, 1.82) is 0 Å². The fourth-order valence-corrected chi connectivity index (χ4v) is 4.51. The number of rotatable bonds is 13. The van der Waals surface area contributed by atoms with Crippen LogP contribution in [0.3, 0.4) is 0 Å². The predicted molar refractivity (Wildman–Crippen MR) is 220 cm³/mol. The van der Waals surface area contributed by atoms with E-state index in [1.165, 1.54) is 21.9 Å². The number of carbonyl (C=O) groups is 4. The Kier molecular flexibility index (Phi) is 17.8. The van der Waals surface area contributed by atoms with E-state index in [1.54, 1.807) is 46.3 Å². The minimum atomic E-state index is -0.608. The van der Waals surface area contributed by atoms with Gasteiger partial charge in [0.2, 0.25) is 0 Å². The number of esters is 2. The summed E-state index contributed by atoms with van der Waals surface area (Å²) in [7, 11) is 3.37. The van der Waals surface area contributed by atoms with Gasteiger partial charge < -0.3 is 23.7 Å². The molecule has 0 amide bonds. The lowest BCUT2D eigenvalue weighted by molar-refractivity contribution is -0.132. The molecule has 0 saturated carbocycles. The Morgan fingerprint density at radius 3 is 1.84 bits per heavy atom. The molecule has 0 saturated heterocycles. The van der Waals surface area contributed by atoms with Crippen LogP contribution in [0.1, 0.15) is 39.2 Å². The van der Waals surface area contributed by atoms with Crippen LogP contribution >= 0.6 is 45.2 Å². The van der Waals surface area contributed by atoms with Crippen LogP contribution in [0.5, 0.6) is 23.0 Å². The van der Waals surface area contributed by atoms with Crippen LogP contribution in [0.2, 0.25) is 0 Å². The van der Waals surface area contributed by atoms with Crippen molar-refractivity contribution >= 4 is 80.5 Å². The number of ether oxygens (including phenoxy) is 4. The van der Waals surface area contributed by atoms with Crippen molar-refractivity contribution in [1.82, 2.24) is 0 Å². The minimum absolute atomic E-state index is 0.109. The zero-order chi connectivity index (χ0) is 38.1. The average Bonchev–Trinajstić information content (AvgIpc) is 3.13. The van der Waals surface area contributed by atoms with E-state index in [4.69, 9.17) is 18.9 Å². The molecule has 51 heavy (non-hydrogen) atoms. The molecule has 0 aliphatic heterocycles. The maximum atomic E-state index is 12.3. The molecule has 0 radical (unpaired) electrons. The van der Waals surface area contributed by atoms with Gasteiger partial charge in [0.05, 0.1) is 19.8 Å². The van der Waals surface area contributed by atoms with Gasteiger partial charge in [0, 0.05) is 12.0 Å². The number of benzene rings is 4. The maximum absolute atomic E-state index is 12.3. The van der Waals surface area contributed by atoms with Crippen LogP contribution in [-0.2, 0) is 25.6 Å². The molecular weight excluding hydrogens is 874 g/mol. The molecule has 0 fully saturated rings. The third kappa shape index (κ3) is 14.1. The summed E-state index contributed by atoms with van der Waals surface area (Å²) in [4.78, 5) is 44.3. The number of aryl methyl sites for hydroxylation is 1. The van der Waals surface area contributed by atoms with Crippen molar-refractivity contribution in [3.8, 4) is 34.1 Å². The molecule has 8 nitrogen and oxygen atoms in total. The molecule has 0 heterocycles. The Balaban J connectivity index is 0.000000318. The first-order valence-electron chi connectivity index (χ1n) is 15.8. The highest BCUT2D eigenvalue weighted by Gasteiger charge is 2.28. The number of fused-ring (bicyclic) bond motifs is 1. The van der Waals surface area contributed by atoms with Crippen LogP contribution in [0, 0.1) is 0 Å². The predicted octanol–water partition coefficient (Wildman–Crippen LogP) is 10.0. The van der Waals surface area contributed by atoms with E-state index < -0.39 is 13.4 Å². The molecule has 0 aromatic heterocycles. The van der Waals surface area contributed by atoms with Crippen molar-refractivity contribution in [3.05, 3.63) is 121 Å². The third-order valence-electron chi connectivity index (χ3n) is 7.13. The Labute approximate surface area is 327 Å². The molecule has 0 aliphatic carbocycles. The lowest BCUT2D eigenvalue weighted by Gasteiger charge is -2.17. The summed E-state index contributed by atoms with van der Waals surface area (Å²) >= 11 is 4.16. The van der Waals surface area contributed by atoms with Crippen molar-refractivity contribution in [2.24, 2.45) is 0 Å². The highest BCUT2D eigenvalue weighted by molar-refractivity contribution is 14.2. The summed E-state index contributed by atoms with van der Waals surface area (Å²) in [5, 5.41) is 2.39. The van der Waals surface area contributed by atoms with E-state index in [-0.39, 0.29) is 17.1 Å². The molecule has 4 aromatic rings. The van der Waals surface area contributed by atoms with Crippen molar-refractivity contribution in [2.75, 3.05) is 14.2 Å². The lowest BCUT2D eigenvalue weighted by Crippen LogP contribution is -2.22. The first kappa shape index (κ1) is 42.9. The first-order valence-corrected chi connectivity index (χ1v) is 17.9. The Morgan fingerprint density at radius 1 is 0.745 bits per heavy atom. The number of hydrogen-bond donors (Lipinski definition) is 0. The summed E-state index contributed by atoms with van der Waals surface area (Å²) < 4.78 is 20.7. The van der Waals surface area contributed by atoms with Gasteiger partial charge in [-0.2, -0.15) is 0 Å². The molecule has 4 aromatic carbocycles. The topological polar surface area (TPSA) is 105 Å². The Morgan fingerprint density at radius 2 is 1.29 bits per heavy atom. The number of aldehydes is 2. The van der Waals surface area contributed by atoms with Gasteiger partial charge in [-0.3, -0.25) is 4.79 Å². The third-order valence-corrected chi connectivity index (χ3v) is 8.43. The zero-order valence-electron chi connectivity index (χ0n) is 29.4. The number of halogens is 2. The second-order valence-corrected chi connectivity index (χ2v) is 17.6. The number of methoxy groups -OCH3 is 2.